The van der Waals surface area contributed by atoms with Gasteiger partial charge < -0.3 is 9.47 Å². The number of benzene rings is 1. The van der Waals surface area contributed by atoms with Crippen LogP contribution in [0.1, 0.15) is 32.2 Å². The van der Waals surface area contributed by atoms with Gasteiger partial charge in [0.25, 0.3) is 5.91 Å². The van der Waals surface area contributed by atoms with Gasteiger partial charge in [0.1, 0.15) is 0 Å². The lowest BCUT2D eigenvalue weighted by Gasteiger charge is -2.34. The molecule has 0 atom stereocenters. The molecule has 2 aromatic heterocycles. The number of hydrogen-bond donors (Lipinski definition) is 1. The SMILES string of the molecule is C=CCn1c(C)cc(C(=O)CN2CCN(C(=O)c3n[nH]c4ccccc34)CC2)c1C. The zero-order valence-electron chi connectivity index (χ0n) is 17.5. The van der Waals surface area contributed by atoms with Crippen LogP contribution in [0.3, 0.4) is 0 Å². The second-order valence-electron chi connectivity index (χ2n) is 7.79. The Morgan fingerprint density at radius 2 is 1.90 bits per heavy atom. The van der Waals surface area contributed by atoms with Crippen molar-refractivity contribution >= 4 is 22.6 Å². The summed E-state index contributed by atoms with van der Waals surface area (Å²) in [5.74, 6) is 0.0582. The summed E-state index contributed by atoms with van der Waals surface area (Å²) in [6.45, 7) is 11.4. The lowest BCUT2D eigenvalue weighted by Crippen LogP contribution is -2.50. The highest BCUT2D eigenvalue weighted by atomic mass is 16.2. The van der Waals surface area contributed by atoms with Gasteiger partial charge in [-0.05, 0) is 26.0 Å². The molecule has 1 aromatic carbocycles. The van der Waals surface area contributed by atoms with E-state index in [0.29, 0.717) is 45.0 Å². The van der Waals surface area contributed by atoms with Crippen molar-refractivity contribution in [1.82, 2.24) is 24.6 Å². The van der Waals surface area contributed by atoms with Crippen molar-refractivity contribution in [3.63, 3.8) is 0 Å². The molecule has 1 aliphatic heterocycles. The van der Waals surface area contributed by atoms with Crippen LogP contribution in [0.25, 0.3) is 10.9 Å². The number of aryl methyl sites for hydroxylation is 1. The number of nitrogens with one attached hydrogen (secondary N) is 1. The van der Waals surface area contributed by atoms with E-state index in [-0.39, 0.29) is 11.7 Å². The Hall–Kier alpha value is -3.19. The average Bonchev–Trinajstić information content (AvgIpc) is 3.30. The van der Waals surface area contributed by atoms with E-state index in [0.717, 1.165) is 27.9 Å². The number of piperazine rings is 1. The van der Waals surface area contributed by atoms with Crippen LogP contribution in [0.5, 0.6) is 0 Å². The fraction of sp³-hybridized carbons (Fsp3) is 0.348. The molecular weight excluding hydrogens is 378 g/mol. The molecule has 0 unspecified atom stereocenters. The van der Waals surface area contributed by atoms with Gasteiger partial charge >= 0.3 is 0 Å². The van der Waals surface area contributed by atoms with Gasteiger partial charge in [0, 0.05) is 55.1 Å². The first-order valence-electron chi connectivity index (χ1n) is 10.2. The number of carbonyl (C=O) groups excluding carboxylic acids is 2. The first-order chi connectivity index (χ1) is 14.5. The molecule has 30 heavy (non-hydrogen) atoms. The molecule has 0 bridgehead atoms. The number of Topliss-reactive ketones (excluding diaryl/α,β-unsaturated/α-hetero) is 1. The second-order valence-corrected chi connectivity index (χ2v) is 7.79. The normalized spacial score (nSPS) is 14.9. The fourth-order valence-corrected chi connectivity index (χ4v) is 4.17. The molecule has 4 rings (SSSR count). The number of allylic oxidation sites excluding steroid dienone is 1. The monoisotopic (exact) mass is 405 g/mol. The van der Waals surface area contributed by atoms with Crippen molar-refractivity contribution in [3.05, 3.63) is 65.6 Å². The number of fused-ring (bicyclic) bond motifs is 1. The fourth-order valence-electron chi connectivity index (χ4n) is 4.17. The van der Waals surface area contributed by atoms with Gasteiger partial charge in [-0.1, -0.05) is 24.3 Å². The van der Waals surface area contributed by atoms with Gasteiger partial charge in [-0.3, -0.25) is 19.6 Å². The molecule has 0 spiro atoms. The summed E-state index contributed by atoms with van der Waals surface area (Å²) in [6, 6.07) is 9.60. The molecule has 7 nitrogen and oxygen atoms in total. The highest BCUT2D eigenvalue weighted by Gasteiger charge is 2.26. The number of aromatic amines is 1. The summed E-state index contributed by atoms with van der Waals surface area (Å²) in [6.07, 6.45) is 1.84. The van der Waals surface area contributed by atoms with Crippen molar-refractivity contribution in [2.75, 3.05) is 32.7 Å². The van der Waals surface area contributed by atoms with Gasteiger partial charge in [0.2, 0.25) is 0 Å². The molecule has 0 saturated carbocycles. The maximum Gasteiger partial charge on any atom is 0.275 e. The molecule has 1 amide bonds. The molecule has 1 aliphatic rings. The third-order valence-corrected chi connectivity index (χ3v) is 5.89. The first kappa shape index (κ1) is 20.1. The van der Waals surface area contributed by atoms with E-state index in [4.69, 9.17) is 0 Å². The Bertz CT molecular complexity index is 1100. The third kappa shape index (κ3) is 3.68. The highest BCUT2D eigenvalue weighted by molar-refractivity contribution is 6.04. The van der Waals surface area contributed by atoms with E-state index >= 15 is 0 Å². The third-order valence-electron chi connectivity index (χ3n) is 5.89. The number of para-hydroxylation sites is 1. The van der Waals surface area contributed by atoms with Crippen LogP contribution in [-0.4, -0.2) is 69.0 Å². The van der Waals surface area contributed by atoms with E-state index in [2.05, 4.69) is 26.2 Å². The predicted molar refractivity (Wildman–Crippen MR) is 117 cm³/mol. The Morgan fingerprint density at radius 3 is 2.63 bits per heavy atom. The zero-order chi connectivity index (χ0) is 21.3. The molecule has 1 fully saturated rings. The lowest BCUT2D eigenvalue weighted by molar-refractivity contribution is 0.0621. The molecular formula is C23H27N5O2. The number of nitrogens with zero attached hydrogens (tertiary/aromatic N) is 4. The van der Waals surface area contributed by atoms with Crippen LogP contribution in [0.15, 0.2) is 43.0 Å². The second kappa shape index (κ2) is 8.28. The summed E-state index contributed by atoms with van der Waals surface area (Å²) in [5.41, 5.74) is 4.15. The molecule has 0 aliphatic carbocycles. The van der Waals surface area contributed by atoms with Crippen molar-refractivity contribution in [3.8, 4) is 0 Å². The number of hydrogen-bond acceptors (Lipinski definition) is 4. The minimum absolute atomic E-state index is 0.0635. The number of carbonyl (C=O) groups is 2. The number of aromatic nitrogens is 3. The van der Waals surface area contributed by atoms with Crippen LogP contribution in [0.4, 0.5) is 0 Å². The number of ketones is 1. The summed E-state index contributed by atoms with van der Waals surface area (Å²) in [4.78, 5) is 29.7. The van der Waals surface area contributed by atoms with Gasteiger partial charge in [-0.2, -0.15) is 5.10 Å². The molecule has 1 saturated heterocycles. The van der Waals surface area contributed by atoms with Crippen molar-refractivity contribution in [2.45, 2.75) is 20.4 Å². The van der Waals surface area contributed by atoms with E-state index < -0.39 is 0 Å². The van der Waals surface area contributed by atoms with Crippen LogP contribution in [0.2, 0.25) is 0 Å². The van der Waals surface area contributed by atoms with E-state index in [1.165, 1.54) is 0 Å². The molecule has 156 valence electrons. The predicted octanol–water partition coefficient (Wildman–Crippen LogP) is 2.81. The van der Waals surface area contributed by atoms with Crippen LogP contribution in [0, 0.1) is 13.8 Å². The van der Waals surface area contributed by atoms with Crippen molar-refractivity contribution in [2.24, 2.45) is 0 Å². The van der Waals surface area contributed by atoms with Gasteiger partial charge in [0.05, 0.1) is 12.1 Å². The van der Waals surface area contributed by atoms with E-state index in [1.807, 2.05) is 55.2 Å². The Kier molecular flexibility index (Phi) is 5.55. The largest absolute Gasteiger partial charge is 0.345 e. The maximum atomic E-state index is 12.9. The smallest absolute Gasteiger partial charge is 0.275 e. The summed E-state index contributed by atoms with van der Waals surface area (Å²) < 4.78 is 2.10. The summed E-state index contributed by atoms with van der Waals surface area (Å²) >= 11 is 0. The summed E-state index contributed by atoms with van der Waals surface area (Å²) in [5, 5.41) is 7.98. The number of H-pyrrole nitrogens is 1. The maximum absolute atomic E-state index is 12.9. The summed E-state index contributed by atoms with van der Waals surface area (Å²) in [7, 11) is 0. The van der Waals surface area contributed by atoms with Crippen molar-refractivity contribution in [1.29, 1.82) is 0 Å². The van der Waals surface area contributed by atoms with Gasteiger partial charge in [-0.15, -0.1) is 6.58 Å². The standard InChI is InChI=1S/C23H27N5O2/c1-4-9-28-16(2)14-19(17(28)3)21(29)15-26-10-12-27(13-11-26)23(30)22-18-7-5-6-8-20(18)24-25-22/h4-8,14H,1,9-13,15H2,2-3H3,(H,24,25). The minimum atomic E-state index is -0.0635. The average molecular weight is 406 g/mol. The van der Waals surface area contributed by atoms with Crippen LogP contribution < -0.4 is 0 Å². The number of amides is 1. The first-order valence-corrected chi connectivity index (χ1v) is 10.2. The molecule has 3 aromatic rings. The Balaban J connectivity index is 1.38. The highest BCUT2D eigenvalue weighted by Crippen LogP contribution is 2.19. The van der Waals surface area contributed by atoms with Crippen molar-refractivity contribution < 1.29 is 9.59 Å². The molecule has 7 heteroatoms. The Morgan fingerprint density at radius 1 is 1.17 bits per heavy atom. The quantitative estimate of drug-likeness (QED) is 0.506. The topological polar surface area (TPSA) is 74.2 Å². The minimum Gasteiger partial charge on any atom is -0.345 e. The molecule has 1 N–H and O–H groups in total. The number of rotatable bonds is 6. The molecule has 0 radical (unpaired) electrons. The van der Waals surface area contributed by atoms with Gasteiger partial charge in [0.15, 0.2) is 11.5 Å². The van der Waals surface area contributed by atoms with Gasteiger partial charge in [-0.25, -0.2) is 0 Å². The molecule has 3 heterocycles. The van der Waals surface area contributed by atoms with E-state index in [1.54, 1.807) is 0 Å². The Labute approximate surface area is 176 Å². The van der Waals surface area contributed by atoms with Crippen LogP contribution >= 0.6 is 0 Å². The zero-order valence-corrected chi connectivity index (χ0v) is 17.5. The van der Waals surface area contributed by atoms with Crippen LogP contribution in [-0.2, 0) is 6.54 Å². The lowest BCUT2D eigenvalue weighted by atomic mass is 10.1. The van der Waals surface area contributed by atoms with E-state index in [9.17, 15) is 9.59 Å².